The van der Waals surface area contributed by atoms with Gasteiger partial charge in [0.05, 0.1) is 30.2 Å². The molecular formula is C25H30N4O6S. The van der Waals surface area contributed by atoms with E-state index in [9.17, 15) is 18.3 Å². The highest BCUT2D eigenvalue weighted by Gasteiger charge is 2.22. The van der Waals surface area contributed by atoms with E-state index in [4.69, 9.17) is 9.47 Å². The van der Waals surface area contributed by atoms with Crippen molar-refractivity contribution in [3.63, 3.8) is 0 Å². The third-order valence-electron chi connectivity index (χ3n) is 6.18. The van der Waals surface area contributed by atoms with Gasteiger partial charge in [-0.2, -0.15) is 0 Å². The van der Waals surface area contributed by atoms with E-state index >= 15 is 0 Å². The van der Waals surface area contributed by atoms with Gasteiger partial charge in [-0.3, -0.25) is 9.62 Å². The van der Waals surface area contributed by atoms with Crippen LogP contribution < -0.4 is 19.1 Å². The second-order valence-electron chi connectivity index (χ2n) is 8.52. The molecule has 1 aliphatic rings. The molecular weight excluding hydrogens is 484 g/mol. The molecule has 0 spiro atoms. The molecule has 11 heteroatoms. The van der Waals surface area contributed by atoms with Gasteiger partial charge in [0, 0.05) is 43.3 Å². The van der Waals surface area contributed by atoms with Gasteiger partial charge in [0.2, 0.25) is 0 Å². The van der Waals surface area contributed by atoms with Crippen LogP contribution in [0.25, 0.3) is 10.9 Å². The lowest BCUT2D eigenvalue weighted by molar-refractivity contribution is 0.0699. The molecule has 0 atom stereocenters. The molecule has 0 unspecified atom stereocenters. The number of rotatable bonds is 9. The summed E-state index contributed by atoms with van der Waals surface area (Å²) in [6.45, 7) is 6.52. The highest BCUT2D eigenvalue weighted by atomic mass is 32.2. The number of fused-ring (bicyclic) bond motifs is 1. The molecule has 0 saturated carbocycles. The van der Waals surface area contributed by atoms with Crippen molar-refractivity contribution in [2.24, 2.45) is 0 Å². The lowest BCUT2D eigenvalue weighted by Gasteiger charge is -2.35. The monoisotopic (exact) mass is 514 g/mol. The first-order valence-corrected chi connectivity index (χ1v) is 13.1. The average Bonchev–Trinajstić information content (AvgIpc) is 2.88. The summed E-state index contributed by atoms with van der Waals surface area (Å²) >= 11 is 0. The Balaban J connectivity index is 1.63. The molecule has 4 rings (SSSR count). The molecule has 1 aromatic heterocycles. The third kappa shape index (κ3) is 5.31. The molecule has 1 fully saturated rings. The normalized spacial score (nSPS) is 14.6. The highest BCUT2D eigenvalue weighted by molar-refractivity contribution is 7.92. The zero-order chi connectivity index (χ0) is 25.9. The molecule has 0 radical (unpaired) electrons. The predicted molar refractivity (Wildman–Crippen MR) is 138 cm³/mol. The van der Waals surface area contributed by atoms with Crippen molar-refractivity contribution in [1.82, 2.24) is 9.88 Å². The Bertz CT molecular complexity index is 1370. The maximum absolute atomic E-state index is 13.0. The number of piperazine rings is 1. The quantitative estimate of drug-likeness (QED) is 0.443. The second-order valence-corrected chi connectivity index (χ2v) is 10.2. The number of aromatic carboxylic acids is 1. The molecule has 2 N–H and O–H groups in total. The van der Waals surface area contributed by atoms with Crippen LogP contribution in [-0.4, -0.2) is 76.3 Å². The van der Waals surface area contributed by atoms with E-state index in [0.717, 1.165) is 39.1 Å². The van der Waals surface area contributed by atoms with Crippen LogP contribution in [0.5, 0.6) is 11.5 Å². The molecule has 1 aliphatic heterocycles. The SMILES string of the molecule is CCCN1CCN(c2cc(C(=O)O)c3cc(NS(=O)(=O)c4ccc(OC)c(OC)c4)ccc3n2)CC1. The Kier molecular flexibility index (Phi) is 7.51. The average molecular weight is 515 g/mol. The summed E-state index contributed by atoms with van der Waals surface area (Å²) < 4.78 is 38.9. The number of carboxylic acid groups (broad SMARTS) is 1. The topological polar surface area (TPSA) is 121 Å². The highest BCUT2D eigenvalue weighted by Crippen LogP contribution is 2.31. The number of anilines is 2. The molecule has 2 aromatic carbocycles. The van der Waals surface area contributed by atoms with E-state index in [-0.39, 0.29) is 21.9 Å². The lowest BCUT2D eigenvalue weighted by Crippen LogP contribution is -2.46. The fourth-order valence-electron chi connectivity index (χ4n) is 4.33. The maximum Gasteiger partial charge on any atom is 0.336 e. The van der Waals surface area contributed by atoms with E-state index in [0.29, 0.717) is 22.5 Å². The van der Waals surface area contributed by atoms with Crippen molar-refractivity contribution < 1.29 is 27.8 Å². The first-order chi connectivity index (χ1) is 17.2. The molecule has 2 heterocycles. The number of pyridine rings is 1. The van der Waals surface area contributed by atoms with Crippen molar-refractivity contribution in [3.8, 4) is 11.5 Å². The molecule has 3 aromatic rings. The maximum atomic E-state index is 13.0. The van der Waals surface area contributed by atoms with E-state index < -0.39 is 16.0 Å². The Morgan fingerprint density at radius 2 is 1.75 bits per heavy atom. The number of aromatic nitrogens is 1. The van der Waals surface area contributed by atoms with Crippen molar-refractivity contribution >= 4 is 38.4 Å². The van der Waals surface area contributed by atoms with Gasteiger partial charge in [-0.25, -0.2) is 18.2 Å². The van der Waals surface area contributed by atoms with Crippen molar-refractivity contribution in [2.75, 3.05) is 56.6 Å². The van der Waals surface area contributed by atoms with Gasteiger partial charge < -0.3 is 19.5 Å². The van der Waals surface area contributed by atoms with E-state index in [1.807, 2.05) is 0 Å². The summed E-state index contributed by atoms with van der Waals surface area (Å²) in [7, 11) is -1.09. The van der Waals surface area contributed by atoms with Gasteiger partial charge in [0.15, 0.2) is 11.5 Å². The van der Waals surface area contributed by atoms with Gasteiger partial charge in [-0.05, 0) is 49.4 Å². The first kappa shape index (κ1) is 25.5. The van der Waals surface area contributed by atoms with E-state index in [1.165, 1.54) is 38.5 Å². The molecule has 0 aliphatic carbocycles. The zero-order valence-electron chi connectivity index (χ0n) is 20.5. The molecule has 0 bridgehead atoms. The summed E-state index contributed by atoms with van der Waals surface area (Å²) in [5.41, 5.74) is 0.774. The molecule has 10 nitrogen and oxygen atoms in total. The van der Waals surface area contributed by atoms with E-state index in [1.54, 1.807) is 18.2 Å². The van der Waals surface area contributed by atoms with Crippen LogP contribution in [0.2, 0.25) is 0 Å². The Hall–Kier alpha value is -3.57. The first-order valence-electron chi connectivity index (χ1n) is 11.7. The van der Waals surface area contributed by atoms with Crippen LogP contribution in [0.1, 0.15) is 23.7 Å². The summed E-state index contributed by atoms with van der Waals surface area (Å²) in [5, 5.41) is 10.3. The van der Waals surface area contributed by atoms with Crippen LogP contribution in [-0.2, 0) is 10.0 Å². The number of nitrogens with one attached hydrogen (secondary N) is 1. The Morgan fingerprint density at radius 1 is 1.03 bits per heavy atom. The van der Waals surface area contributed by atoms with Crippen LogP contribution in [0.15, 0.2) is 47.4 Å². The van der Waals surface area contributed by atoms with Gasteiger partial charge in [-0.1, -0.05) is 6.92 Å². The number of sulfonamides is 1. The summed E-state index contributed by atoms with van der Waals surface area (Å²) in [6.07, 6.45) is 1.09. The number of nitrogens with zero attached hydrogens (tertiary/aromatic N) is 3. The summed E-state index contributed by atoms with van der Waals surface area (Å²) in [5.74, 6) is 0.184. The second kappa shape index (κ2) is 10.6. The van der Waals surface area contributed by atoms with Gasteiger partial charge in [0.1, 0.15) is 5.82 Å². The minimum absolute atomic E-state index is 0.0191. The van der Waals surface area contributed by atoms with E-state index in [2.05, 4.69) is 26.4 Å². The molecule has 1 saturated heterocycles. The van der Waals surface area contributed by atoms with Crippen LogP contribution in [0.4, 0.5) is 11.5 Å². The number of ether oxygens (including phenoxy) is 2. The van der Waals surface area contributed by atoms with Crippen molar-refractivity contribution in [2.45, 2.75) is 18.2 Å². The zero-order valence-corrected chi connectivity index (χ0v) is 21.3. The summed E-state index contributed by atoms with van der Waals surface area (Å²) in [4.78, 5) is 21.3. The standard InChI is InChI=1S/C25H30N4O6S/c1-4-9-28-10-12-29(13-11-28)24-16-20(25(30)31)19-14-17(5-7-21(19)26-24)27-36(32,33)18-6-8-22(34-2)23(15-18)35-3/h5-8,14-16,27H,4,9-13H2,1-3H3,(H,30,31). The molecule has 192 valence electrons. The summed E-state index contributed by atoms with van der Waals surface area (Å²) in [6, 6.07) is 10.5. The largest absolute Gasteiger partial charge is 0.493 e. The number of carboxylic acids is 1. The molecule has 36 heavy (non-hydrogen) atoms. The lowest BCUT2D eigenvalue weighted by atomic mass is 10.1. The number of carbonyl (C=O) groups is 1. The minimum Gasteiger partial charge on any atom is -0.493 e. The number of benzene rings is 2. The predicted octanol–water partition coefficient (Wildman–Crippen LogP) is 3.28. The van der Waals surface area contributed by atoms with Crippen LogP contribution in [0, 0.1) is 0 Å². The van der Waals surface area contributed by atoms with Crippen molar-refractivity contribution in [1.29, 1.82) is 0 Å². The van der Waals surface area contributed by atoms with Crippen LogP contribution >= 0.6 is 0 Å². The van der Waals surface area contributed by atoms with Gasteiger partial charge >= 0.3 is 5.97 Å². The third-order valence-corrected chi connectivity index (χ3v) is 7.56. The van der Waals surface area contributed by atoms with Gasteiger partial charge in [0.25, 0.3) is 10.0 Å². The molecule has 0 amide bonds. The fraction of sp³-hybridized carbons (Fsp3) is 0.360. The Labute approximate surface area is 210 Å². The Morgan fingerprint density at radius 3 is 2.39 bits per heavy atom. The number of methoxy groups -OCH3 is 2. The smallest absolute Gasteiger partial charge is 0.336 e. The van der Waals surface area contributed by atoms with Gasteiger partial charge in [-0.15, -0.1) is 0 Å². The minimum atomic E-state index is -3.97. The van der Waals surface area contributed by atoms with Crippen molar-refractivity contribution in [3.05, 3.63) is 48.0 Å². The van der Waals surface area contributed by atoms with Crippen LogP contribution in [0.3, 0.4) is 0 Å². The number of hydrogen-bond donors (Lipinski definition) is 2. The number of hydrogen-bond acceptors (Lipinski definition) is 8. The fourth-order valence-corrected chi connectivity index (χ4v) is 5.39.